The van der Waals surface area contributed by atoms with Gasteiger partial charge in [-0.25, -0.2) is 9.98 Å². The number of aryl methyl sites for hydroxylation is 2. The summed E-state index contributed by atoms with van der Waals surface area (Å²) in [5, 5.41) is 7.72. The van der Waals surface area contributed by atoms with Gasteiger partial charge >= 0.3 is 0 Å². The van der Waals surface area contributed by atoms with Crippen molar-refractivity contribution in [2.24, 2.45) is 4.99 Å². The Morgan fingerprint density at radius 2 is 1.93 bits per heavy atom. The summed E-state index contributed by atoms with van der Waals surface area (Å²) in [6, 6.07) is 8.18. The van der Waals surface area contributed by atoms with Crippen LogP contribution in [0.5, 0.6) is 5.75 Å². The number of aromatic nitrogens is 1. The number of nitrogens with one attached hydrogen (secondary N) is 2. The smallest absolute Gasteiger partial charge is 0.191 e. The highest BCUT2D eigenvalue weighted by atomic mass is 127. The van der Waals surface area contributed by atoms with E-state index >= 15 is 0 Å². The fraction of sp³-hybridized carbons (Fsp3) is 0.500. The van der Waals surface area contributed by atoms with Gasteiger partial charge in [0.25, 0.3) is 0 Å². The zero-order chi connectivity index (χ0) is 18.6. The molecule has 2 rings (SSSR count). The molecule has 0 aliphatic rings. The highest BCUT2D eigenvalue weighted by Crippen LogP contribution is 2.14. The van der Waals surface area contributed by atoms with Crippen LogP contribution >= 0.6 is 35.3 Å². The van der Waals surface area contributed by atoms with Crippen LogP contribution in [-0.2, 0) is 13.0 Å². The topological polar surface area (TPSA) is 58.5 Å². The Labute approximate surface area is 184 Å². The molecule has 0 saturated heterocycles. The monoisotopic (exact) mass is 502 g/mol. The Bertz CT molecular complexity index is 673. The first-order valence-corrected chi connectivity index (χ1v) is 10.2. The molecule has 27 heavy (non-hydrogen) atoms. The average molecular weight is 502 g/mol. The molecule has 2 aromatic rings. The lowest BCUT2D eigenvalue weighted by Crippen LogP contribution is -2.37. The third-order valence-corrected chi connectivity index (χ3v) is 4.95. The van der Waals surface area contributed by atoms with Crippen LogP contribution in [0.15, 0.2) is 35.5 Å². The molecule has 7 heteroatoms. The van der Waals surface area contributed by atoms with Crippen molar-refractivity contribution in [3.8, 4) is 5.75 Å². The van der Waals surface area contributed by atoms with Crippen molar-refractivity contribution in [1.82, 2.24) is 15.6 Å². The van der Waals surface area contributed by atoms with Gasteiger partial charge in [0.1, 0.15) is 10.8 Å². The molecule has 1 aromatic heterocycles. The van der Waals surface area contributed by atoms with E-state index in [1.807, 2.05) is 18.3 Å². The van der Waals surface area contributed by atoms with E-state index in [1.165, 1.54) is 10.4 Å². The SMILES string of the molecule is CCNC(=NCc1ncc(CC)s1)NCCCCOc1ccc(C)cc1.I. The van der Waals surface area contributed by atoms with E-state index in [2.05, 4.69) is 53.5 Å². The van der Waals surface area contributed by atoms with Crippen LogP contribution < -0.4 is 15.4 Å². The zero-order valence-corrected chi connectivity index (χ0v) is 19.6. The number of guanidine groups is 1. The summed E-state index contributed by atoms with van der Waals surface area (Å²) in [5.74, 6) is 1.79. The summed E-state index contributed by atoms with van der Waals surface area (Å²) in [7, 11) is 0. The molecule has 0 aliphatic heterocycles. The lowest BCUT2D eigenvalue weighted by Gasteiger charge is -2.11. The minimum absolute atomic E-state index is 0. The molecular weight excluding hydrogens is 471 g/mol. The minimum Gasteiger partial charge on any atom is -0.494 e. The molecule has 0 bridgehead atoms. The van der Waals surface area contributed by atoms with Gasteiger partial charge in [-0.2, -0.15) is 0 Å². The van der Waals surface area contributed by atoms with Crippen LogP contribution in [0.2, 0.25) is 0 Å². The summed E-state index contributed by atoms with van der Waals surface area (Å²) < 4.78 is 5.75. The van der Waals surface area contributed by atoms with Crippen LogP contribution in [0.25, 0.3) is 0 Å². The highest BCUT2D eigenvalue weighted by Gasteiger charge is 2.01. The molecule has 0 radical (unpaired) electrons. The van der Waals surface area contributed by atoms with Gasteiger partial charge in [-0.15, -0.1) is 35.3 Å². The second kappa shape index (κ2) is 13.8. The Morgan fingerprint density at radius 1 is 1.15 bits per heavy atom. The van der Waals surface area contributed by atoms with Crippen LogP contribution in [-0.4, -0.2) is 30.6 Å². The summed E-state index contributed by atoms with van der Waals surface area (Å²) in [6.07, 6.45) is 5.02. The summed E-state index contributed by atoms with van der Waals surface area (Å²) in [6.45, 7) is 9.38. The Morgan fingerprint density at radius 3 is 2.59 bits per heavy atom. The highest BCUT2D eigenvalue weighted by molar-refractivity contribution is 14.0. The molecule has 0 fully saturated rings. The number of thiazole rings is 1. The fourth-order valence-electron chi connectivity index (χ4n) is 2.33. The Kier molecular flexibility index (Phi) is 12.1. The van der Waals surface area contributed by atoms with Gasteiger partial charge < -0.3 is 15.4 Å². The number of nitrogens with zero attached hydrogens (tertiary/aromatic N) is 2. The van der Waals surface area contributed by atoms with Crippen LogP contribution in [0.1, 0.15) is 42.1 Å². The Balaban J connectivity index is 0.00000364. The van der Waals surface area contributed by atoms with Crippen molar-refractivity contribution in [3.63, 3.8) is 0 Å². The van der Waals surface area contributed by atoms with Crippen molar-refractivity contribution in [3.05, 3.63) is 45.9 Å². The summed E-state index contributed by atoms with van der Waals surface area (Å²) in [4.78, 5) is 10.3. The number of hydrogen-bond acceptors (Lipinski definition) is 4. The number of aliphatic imine (C=N–C) groups is 1. The van der Waals surface area contributed by atoms with Gasteiger partial charge in [-0.05, 0) is 45.2 Å². The number of ether oxygens (including phenoxy) is 1. The van der Waals surface area contributed by atoms with E-state index < -0.39 is 0 Å². The molecule has 5 nitrogen and oxygen atoms in total. The second-order valence-corrected chi connectivity index (χ2v) is 7.26. The zero-order valence-electron chi connectivity index (χ0n) is 16.5. The number of rotatable bonds is 10. The molecule has 1 heterocycles. The number of benzene rings is 1. The first kappa shape index (κ1) is 23.7. The van der Waals surface area contributed by atoms with E-state index in [9.17, 15) is 0 Å². The molecular formula is C20H31IN4OS. The summed E-state index contributed by atoms with van der Waals surface area (Å²) in [5.41, 5.74) is 1.25. The number of halogens is 1. The van der Waals surface area contributed by atoms with E-state index in [4.69, 9.17) is 4.74 Å². The normalized spacial score (nSPS) is 11.0. The molecule has 2 N–H and O–H groups in total. The third-order valence-electron chi connectivity index (χ3n) is 3.82. The molecule has 0 saturated carbocycles. The molecule has 0 atom stereocenters. The minimum atomic E-state index is 0. The number of unbranched alkanes of at least 4 members (excludes halogenated alkanes) is 1. The standard InChI is InChI=1S/C20H30N4OS.HI/c1-4-18-14-23-19(26-18)15-24-20(21-5-2)22-12-6-7-13-25-17-10-8-16(3)9-11-17;/h8-11,14H,4-7,12-13,15H2,1-3H3,(H2,21,22,24);1H. The van der Waals surface area contributed by atoms with E-state index in [0.717, 1.165) is 55.7 Å². The average Bonchev–Trinajstić information content (AvgIpc) is 3.12. The molecule has 150 valence electrons. The maximum absolute atomic E-state index is 5.75. The predicted molar refractivity (Wildman–Crippen MR) is 126 cm³/mol. The fourth-order valence-corrected chi connectivity index (χ4v) is 3.12. The summed E-state index contributed by atoms with van der Waals surface area (Å²) >= 11 is 1.74. The maximum atomic E-state index is 5.75. The van der Waals surface area contributed by atoms with Gasteiger partial charge in [-0.3, -0.25) is 0 Å². The van der Waals surface area contributed by atoms with Gasteiger partial charge in [-0.1, -0.05) is 24.6 Å². The second-order valence-electron chi connectivity index (χ2n) is 6.06. The van der Waals surface area contributed by atoms with Crippen molar-refractivity contribution < 1.29 is 4.74 Å². The molecule has 0 unspecified atom stereocenters. The van der Waals surface area contributed by atoms with Crippen LogP contribution in [0.3, 0.4) is 0 Å². The van der Waals surface area contributed by atoms with Gasteiger partial charge in [0, 0.05) is 24.2 Å². The van der Waals surface area contributed by atoms with Crippen LogP contribution in [0, 0.1) is 6.92 Å². The van der Waals surface area contributed by atoms with Gasteiger partial charge in [0.2, 0.25) is 0 Å². The first-order chi connectivity index (χ1) is 12.7. The van der Waals surface area contributed by atoms with E-state index in [0.29, 0.717) is 6.54 Å². The van der Waals surface area contributed by atoms with Crippen molar-refractivity contribution in [2.45, 2.75) is 46.6 Å². The van der Waals surface area contributed by atoms with Crippen molar-refractivity contribution >= 4 is 41.3 Å². The number of hydrogen-bond donors (Lipinski definition) is 2. The third kappa shape index (κ3) is 9.41. The quantitative estimate of drug-likeness (QED) is 0.217. The van der Waals surface area contributed by atoms with Crippen molar-refractivity contribution in [2.75, 3.05) is 19.7 Å². The molecule has 0 spiro atoms. The molecule has 1 aromatic carbocycles. The van der Waals surface area contributed by atoms with Crippen LogP contribution in [0.4, 0.5) is 0 Å². The lowest BCUT2D eigenvalue weighted by molar-refractivity contribution is 0.307. The van der Waals surface area contributed by atoms with E-state index in [-0.39, 0.29) is 24.0 Å². The molecule has 0 aliphatic carbocycles. The van der Waals surface area contributed by atoms with Gasteiger partial charge in [0.15, 0.2) is 5.96 Å². The first-order valence-electron chi connectivity index (χ1n) is 9.36. The maximum Gasteiger partial charge on any atom is 0.191 e. The van der Waals surface area contributed by atoms with Crippen molar-refractivity contribution in [1.29, 1.82) is 0 Å². The van der Waals surface area contributed by atoms with Gasteiger partial charge in [0.05, 0.1) is 13.2 Å². The van der Waals surface area contributed by atoms with E-state index in [1.54, 1.807) is 11.3 Å². The lowest BCUT2D eigenvalue weighted by atomic mass is 10.2. The predicted octanol–water partition coefficient (Wildman–Crippen LogP) is 4.55. The largest absolute Gasteiger partial charge is 0.494 e. The Hall–Kier alpha value is -1.35. The molecule has 0 amide bonds.